The van der Waals surface area contributed by atoms with E-state index in [1.165, 1.54) is 0 Å². The smallest absolute Gasteiger partial charge is 0.254 e. The lowest BCUT2D eigenvalue weighted by Gasteiger charge is -2.33. The van der Waals surface area contributed by atoms with E-state index < -0.39 is 0 Å². The number of carbonyl (C=O) groups is 1. The van der Waals surface area contributed by atoms with Crippen LogP contribution in [0.4, 0.5) is 17.2 Å². The van der Waals surface area contributed by atoms with Gasteiger partial charge in [-0.25, -0.2) is 14.5 Å². The number of hydrogen-bond donors (Lipinski definition) is 2. The Morgan fingerprint density at radius 3 is 2.70 bits per heavy atom. The summed E-state index contributed by atoms with van der Waals surface area (Å²) in [5.41, 5.74) is 6.01. The standard InChI is InChI=1S/C24H24N8O/c1-30-9-11-31(12-10-30)16-4-7-21(25-13-16)29-19-6-5-17(18-14-27-24(33)23(18)19)20-15-26-22-3-2-8-28-32(20)22/h2-8,13,15H,9-12,14H2,1H3,(H,25,29)(H,27,33). The fourth-order valence-electron chi connectivity index (χ4n) is 4.55. The topological polar surface area (TPSA) is 90.7 Å². The van der Waals surface area contributed by atoms with E-state index in [9.17, 15) is 4.79 Å². The maximum Gasteiger partial charge on any atom is 0.254 e. The second kappa shape index (κ2) is 7.86. The molecule has 6 rings (SSSR count). The summed E-state index contributed by atoms with van der Waals surface area (Å²) in [7, 11) is 2.15. The molecule has 9 nitrogen and oxygen atoms in total. The van der Waals surface area contributed by atoms with Crippen molar-refractivity contribution < 1.29 is 4.79 Å². The largest absolute Gasteiger partial charge is 0.368 e. The SMILES string of the molecule is CN1CCN(c2ccc(Nc3ccc(-c4cnc5cccnn45)c4c3C(=O)NC4)nc2)CC1. The normalized spacial score (nSPS) is 16.2. The molecule has 0 atom stereocenters. The quantitative estimate of drug-likeness (QED) is 0.504. The highest BCUT2D eigenvalue weighted by molar-refractivity contribution is 6.06. The van der Waals surface area contributed by atoms with Crippen molar-refractivity contribution in [2.24, 2.45) is 0 Å². The molecule has 2 aliphatic rings. The van der Waals surface area contributed by atoms with Gasteiger partial charge in [-0.15, -0.1) is 0 Å². The number of likely N-dealkylation sites (N-methyl/N-ethyl adjacent to an activating group) is 1. The van der Waals surface area contributed by atoms with Gasteiger partial charge in [0.15, 0.2) is 5.65 Å². The zero-order chi connectivity index (χ0) is 22.4. The summed E-state index contributed by atoms with van der Waals surface area (Å²) in [6.07, 6.45) is 5.42. The molecule has 0 bridgehead atoms. The first-order valence-electron chi connectivity index (χ1n) is 11.1. The van der Waals surface area contributed by atoms with E-state index in [1.54, 1.807) is 16.9 Å². The van der Waals surface area contributed by atoms with Gasteiger partial charge in [-0.2, -0.15) is 5.10 Å². The number of rotatable bonds is 4. The maximum atomic E-state index is 12.7. The number of imidazole rings is 1. The molecule has 0 unspecified atom stereocenters. The first-order chi connectivity index (χ1) is 16.2. The summed E-state index contributed by atoms with van der Waals surface area (Å²) in [5, 5.41) is 10.7. The van der Waals surface area contributed by atoms with Gasteiger partial charge in [0.25, 0.3) is 5.91 Å². The minimum Gasteiger partial charge on any atom is -0.368 e. The van der Waals surface area contributed by atoms with Gasteiger partial charge < -0.3 is 20.4 Å². The Hall–Kier alpha value is -3.98. The third kappa shape index (κ3) is 3.46. The number of amides is 1. The highest BCUT2D eigenvalue weighted by atomic mass is 16.1. The van der Waals surface area contributed by atoms with Crippen LogP contribution in [0.3, 0.4) is 0 Å². The zero-order valence-corrected chi connectivity index (χ0v) is 18.3. The Bertz CT molecular complexity index is 1340. The second-order valence-corrected chi connectivity index (χ2v) is 8.45. The lowest BCUT2D eigenvalue weighted by Crippen LogP contribution is -2.44. The molecule has 0 aliphatic carbocycles. The monoisotopic (exact) mass is 440 g/mol. The van der Waals surface area contributed by atoms with Crippen LogP contribution in [0.1, 0.15) is 15.9 Å². The number of piperazine rings is 1. The minimum atomic E-state index is -0.0924. The molecule has 0 spiro atoms. The van der Waals surface area contributed by atoms with Gasteiger partial charge in [-0.05, 0) is 42.9 Å². The number of carbonyl (C=O) groups excluding carboxylic acids is 1. The first-order valence-corrected chi connectivity index (χ1v) is 11.1. The predicted octanol–water partition coefficient (Wildman–Crippen LogP) is 2.53. The van der Waals surface area contributed by atoms with Crippen molar-refractivity contribution in [1.29, 1.82) is 0 Å². The molecule has 4 aromatic rings. The first kappa shape index (κ1) is 19.7. The molecule has 1 aromatic carbocycles. The minimum absolute atomic E-state index is 0.0924. The summed E-state index contributed by atoms with van der Waals surface area (Å²) in [6, 6.07) is 11.8. The maximum absolute atomic E-state index is 12.7. The molecule has 5 heterocycles. The van der Waals surface area contributed by atoms with Crippen LogP contribution in [-0.2, 0) is 6.54 Å². The van der Waals surface area contributed by atoms with E-state index in [1.807, 2.05) is 36.5 Å². The Balaban J connectivity index is 1.31. The average molecular weight is 441 g/mol. The van der Waals surface area contributed by atoms with E-state index in [2.05, 4.69) is 48.6 Å². The summed E-state index contributed by atoms with van der Waals surface area (Å²) in [6.45, 7) is 4.57. The van der Waals surface area contributed by atoms with Crippen molar-refractivity contribution in [3.8, 4) is 11.3 Å². The molecular formula is C24H24N8O. The number of aromatic nitrogens is 4. The molecule has 2 aliphatic heterocycles. The molecule has 0 radical (unpaired) electrons. The highest BCUT2D eigenvalue weighted by Gasteiger charge is 2.27. The number of benzene rings is 1. The Labute approximate surface area is 191 Å². The van der Waals surface area contributed by atoms with E-state index in [4.69, 9.17) is 0 Å². The number of nitrogens with zero attached hydrogens (tertiary/aromatic N) is 6. The highest BCUT2D eigenvalue weighted by Crippen LogP contribution is 2.35. The molecule has 1 fully saturated rings. The van der Waals surface area contributed by atoms with Gasteiger partial charge >= 0.3 is 0 Å². The predicted molar refractivity (Wildman–Crippen MR) is 127 cm³/mol. The van der Waals surface area contributed by atoms with Crippen molar-refractivity contribution >= 4 is 28.7 Å². The lowest BCUT2D eigenvalue weighted by atomic mass is 9.99. The fraction of sp³-hybridized carbons (Fsp3) is 0.250. The number of nitrogens with one attached hydrogen (secondary N) is 2. The molecule has 33 heavy (non-hydrogen) atoms. The molecule has 1 saturated heterocycles. The van der Waals surface area contributed by atoms with E-state index in [0.29, 0.717) is 17.9 Å². The second-order valence-electron chi connectivity index (χ2n) is 8.45. The van der Waals surface area contributed by atoms with Crippen LogP contribution in [0, 0.1) is 0 Å². The number of anilines is 3. The van der Waals surface area contributed by atoms with E-state index >= 15 is 0 Å². The van der Waals surface area contributed by atoms with Crippen LogP contribution in [0.15, 0.2) is 55.0 Å². The van der Waals surface area contributed by atoms with Crippen molar-refractivity contribution in [2.45, 2.75) is 6.54 Å². The van der Waals surface area contributed by atoms with Crippen LogP contribution in [-0.4, -0.2) is 63.6 Å². The van der Waals surface area contributed by atoms with Crippen molar-refractivity contribution in [3.63, 3.8) is 0 Å². The molecule has 0 saturated carbocycles. The van der Waals surface area contributed by atoms with Crippen LogP contribution in [0.5, 0.6) is 0 Å². The van der Waals surface area contributed by atoms with Gasteiger partial charge in [0.1, 0.15) is 5.82 Å². The van der Waals surface area contributed by atoms with Gasteiger partial charge in [0.2, 0.25) is 0 Å². The van der Waals surface area contributed by atoms with E-state index in [0.717, 1.165) is 60.0 Å². The number of fused-ring (bicyclic) bond motifs is 2. The summed E-state index contributed by atoms with van der Waals surface area (Å²) in [4.78, 5) is 26.5. The Morgan fingerprint density at radius 2 is 1.88 bits per heavy atom. The van der Waals surface area contributed by atoms with Gasteiger partial charge in [-0.1, -0.05) is 6.07 Å². The average Bonchev–Trinajstić information content (AvgIpc) is 3.45. The fourth-order valence-corrected chi connectivity index (χ4v) is 4.55. The summed E-state index contributed by atoms with van der Waals surface area (Å²) >= 11 is 0. The Morgan fingerprint density at radius 1 is 1.00 bits per heavy atom. The molecule has 3 aromatic heterocycles. The van der Waals surface area contributed by atoms with Crippen LogP contribution < -0.4 is 15.5 Å². The lowest BCUT2D eigenvalue weighted by molar-refractivity contribution is 0.0966. The van der Waals surface area contributed by atoms with Crippen molar-refractivity contribution in [3.05, 3.63) is 66.1 Å². The van der Waals surface area contributed by atoms with Gasteiger partial charge in [-0.3, -0.25) is 4.79 Å². The zero-order valence-electron chi connectivity index (χ0n) is 18.3. The summed E-state index contributed by atoms with van der Waals surface area (Å²) in [5.74, 6) is 0.615. The molecular weight excluding hydrogens is 416 g/mol. The van der Waals surface area contributed by atoms with Crippen LogP contribution in [0.2, 0.25) is 0 Å². The van der Waals surface area contributed by atoms with Gasteiger partial charge in [0.05, 0.1) is 35.0 Å². The molecule has 166 valence electrons. The van der Waals surface area contributed by atoms with E-state index in [-0.39, 0.29) is 5.91 Å². The third-order valence-corrected chi connectivity index (χ3v) is 6.40. The Kier molecular flexibility index (Phi) is 4.69. The molecule has 2 N–H and O–H groups in total. The number of pyridine rings is 1. The van der Waals surface area contributed by atoms with Gasteiger partial charge in [0, 0.05) is 44.5 Å². The van der Waals surface area contributed by atoms with Crippen molar-refractivity contribution in [1.82, 2.24) is 29.8 Å². The van der Waals surface area contributed by atoms with Crippen LogP contribution in [0.25, 0.3) is 16.9 Å². The molecule has 9 heteroatoms. The van der Waals surface area contributed by atoms with Crippen molar-refractivity contribution in [2.75, 3.05) is 43.4 Å². The number of hydrogen-bond acceptors (Lipinski definition) is 7. The summed E-state index contributed by atoms with van der Waals surface area (Å²) < 4.78 is 1.80. The van der Waals surface area contributed by atoms with Crippen LogP contribution >= 0.6 is 0 Å². The third-order valence-electron chi connectivity index (χ3n) is 6.40. The molecule has 1 amide bonds.